The Hall–Kier alpha value is -0.570. The first-order valence-electron chi connectivity index (χ1n) is 5.63. The maximum Gasteiger partial charge on any atom is 0.317 e. The molecule has 1 N–H and O–H groups in total. The zero-order valence-electron chi connectivity index (χ0n) is 9.20. The third-order valence-electron chi connectivity index (χ3n) is 3.35. The summed E-state index contributed by atoms with van der Waals surface area (Å²) in [7, 11) is 0. The average molecular weight is 199 g/mol. The summed E-state index contributed by atoms with van der Waals surface area (Å²) in [5, 5.41) is 8.76. The first kappa shape index (κ1) is 11.5. The second kappa shape index (κ2) is 5.35. The summed E-state index contributed by atoms with van der Waals surface area (Å²) in [6, 6.07) is 0.515. The largest absolute Gasteiger partial charge is 0.480 e. The number of likely N-dealkylation sites (N-methyl/N-ethyl adjacent to an activating group) is 1. The fourth-order valence-electron chi connectivity index (χ4n) is 2.42. The third-order valence-corrected chi connectivity index (χ3v) is 3.35. The smallest absolute Gasteiger partial charge is 0.317 e. The van der Waals surface area contributed by atoms with Crippen molar-refractivity contribution >= 4 is 5.97 Å². The molecule has 0 heterocycles. The van der Waals surface area contributed by atoms with Crippen molar-refractivity contribution in [3.05, 3.63) is 0 Å². The van der Waals surface area contributed by atoms with Gasteiger partial charge < -0.3 is 5.11 Å². The van der Waals surface area contributed by atoms with Gasteiger partial charge in [0.1, 0.15) is 0 Å². The zero-order valence-corrected chi connectivity index (χ0v) is 9.20. The molecular formula is C11H21NO2. The molecule has 0 bridgehead atoms. The van der Waals surface area contributed by atoms with Crippen molar-refractivity contribution in [2.75, 3.05) is 13.1 Å². The van der Waals surface area contributed by atoms with E-state index in [0.29, 0.717) is 6.04 Å². The third kappa shape index (κ3) is 2.98. The Morgan fingerprint density at radius 2 is 2.14 bits per heavy atom. The number of carboxylic acids is 1. The molecule has 1 aliphatic carbocycles. The van der Waals surface area contributed by atoms with E-state index in [1.807, 2.05) is 6.92 Å². The molecule has 0 aliphatic heterocycles. The summed E-state index contributed by atoms with van der Waals surface area (Å²) >= 11 is 0. The molecule has 0 saturated heterocycles. The summed E-state index contributed by atoms with van der Waals surface area (Å²) in [6.45, 7) is 5.33. The fourth-order valence-corrected chi connectivity index (χ4v) is 2.42. The summed E-state index contributed by atoms with van der Waals surface area (Å²) in [5.74, 6) is 0.120. The number of aliphatic carboxylic acids is 1. The highest BCUT2D eigenvalue weighted by atomic mass is 16.4. The molecule has 0 aromatic carbocycles. The van der Waals surface area contributed by atoms with Crippen LogP contribution in [0.3, 0.4) is 0 Å². The predicted octanol–water partition coefficient (Wildman–Crippen LogP) is 1.97. The highest BCUT2D eigenvalue weighted by Crippen LogP contribution is 2.31. The van der Waals surface area contributed by atoms with Crippen LogP contribution in [-0.2, 0) is 4.79 Å². The Kier molecular flexibility index (Phi) is 4.39. The lowest BCUT2D eigenvalue weighted by molar-refractivity contribution is -0.138. The van der Waals surface area contributed by atoms with Crippen LogP contribution in [0.4, 0.5) is 0 Å². The topological polar surface area (TPSA) is 40.5 Å². The lowest BCUT2D eigenvalue weighted by Gasteiger charge is -2.25. The van der Waals surface area contributed by atoms with Gasteiger partial charge in [-0.15, -0.1) is 0 Å². The Labute approximate surface area is 86.1 Å². The predicted molar refractivity (Wildman–Crippen MR) is 56.3 cm³/mol. The van der Waals surface area contributed by atoms with Crippen LogP contribution < -0.4 is 0 Å². The fraction of sp³-hybridized carbons (Fsp3) is 0.909. The van der Waals surface area contributed by atoms with Gasteiger partial charge in [0.25, 0.3) is 0 Å². The summed E-state index contributed by atoms with van der Waals surface area (Å²) in [4.78, 5) is 12.7. The molecule has 3 nitrogen and oxygen atoms in total. The standard InChI is InChI=1S/C11H21NO2/c1-3-9-5-6-10(7-9)12(4-2)8-11(13)14/h9-10H,3-8H2,1-2H3,(H,13,14). The molecule has 1 saturated carbocycles. The Morgan fingerprint density at radius 3 is 2.57 bits per heavy atom. The minimum Gasteiger partial charge on any atom is -0.480 e. The van der Waals surface area contributed by atoms with E-state index in [9.17, 15) is 4.79 Å². The van der Waals surface area contributed by atoms with Crippen LogP contribution in [0.5, 0.6) is 0 Å². The minimum atomic E-state index is -0.702. The molecule has 2 unspecified atom stereocenters. The van der Waals surface area contributed by atoms with E-state index >= 15 is 0 Å². The van der Waals surface area contributed by atoms with Gasteiger partial charge in [-0.25, -0.2) is 0 Å². The Balaban J connectivity index is 2.42. The van der Waals surface area contributed by atoms with E-state index in [1.54, 1.807) is 0 Å². The molecule has 0 aromatic heterocycles. The summed E-state index contributed by atoms with van der Waals surface area (Å²) in [5.41, 5.74) is 0. The van der Waals surface area contributed by atoms with Crippen molar-refractivity contribution in [2.24, 2.45) is 5.92 Å². The molecular weight excluding hydrogens is 178 g/mol. The maximum absolute atomic E-state index is 10.6. The van der Waals surface area contributed by atoms with Crippen LogP contribution in [0, 0.1) is 5.92 Å². The van der Waals surface area contributed by atoms with Gasteiger partial charge in [0, 0.05) is 6.04 Å². The van der Waals surface area contributed by atoms with Crippen LogP contribution >= 0.6 is 0 Å². The van der Waals surface area contributed by atoms with Crippen molar-refractivity contribution in [1.82, 2.24) is 4.90 Å². The molecule has 0 amide bonds. The second-order valence-electron chi connectivity index (χ2n) is 4.20. The van der Waals surface area contributed by atoms with E-state index in [1.165, 1.54) is 25.7 Å². The first-order chi connectivity index (χ1) is 6.67. The van der Waals surface area contributed by atoms with Gasteiger partial charge >= 0.3 is 5.97 Å². The van der Waals surface area contributed by atoms with Crippen molar-refractivity contribution < 1.29 is 9.90 Å². The van der Waals surface area contributed by atoms with Gasteiger partial charge in [-0.1, -0.05) is 20.3 Å². The number of nitrogens with zero attached hydrogens (tertiary/aromatic N) is 1. The van der Waals surface area contributed by atoms with E-state index in [4.69, 9.17) is 5.11 Å². The lowest BCUT2D eigenvalue weighted by atomic mass is 10.1. The molecule has 14 heavy (non-hydrogen) atoms. The van der Waals surface area contributed by atoms with Crippen molar-refractivity contribution in [2.45, 2.75) is 45.6 Å². The van der Waals surface area contributed by atoms with E-state index in [-0.39, 0.29) is 6.54 Å². The average Bonchev–Trinajstić information content (AvgIpc) is 2.62. The zero-order chi connectivity index (χ0) is 10.6. The SMILES string of the molecule is CCC1CCC(N(CC)CC(=O)O)C1. The first-order valence-corrected chi connectivity index (χ1v) is 5.63. The highest BCUT2D eigenvalue weighted by molar-refractivity contribution is 5.69. The number of carboxylic acid groups (broad SMARTS) is 1. The van der Waals surface area contributed by atoms with Gasteiger partial charge in [0.05, 0.1) is 6.54 Å². The van der Waals surface area contributed by atoms with Crippen LogP contribution in [0.25, 0.3) is 0 Å². The normalized spacial score (nSPS) is 27.1. The van der Waals surface area contributed by atoms with E-state index < -0.39 is 5.97 Å². The molecule has 82 valence electrons. The molecule has 1 rings (SSSR count). The van der Waals surface area contributed by atoms with Crippen LogP contribution in [0.1, 0.15) is 39.5 Å². The van der Waals surface area contributed by atoms with Gasteiger partial charge in [-0.05, 0) is 31.7 Å². The maximum atomic E-state index is 10.6. The van der Waals surface area contributed by atoms with E-state index in [0.717, 1.165) is 12.5 Å². The molecule has 1 fully saturated rings. The van der Waals surface area contributed by atoms with Crippen molar-refractivity contribution in [3.8, 4) is 0 Å². The van der Waals surface area contributed by atoms with Crippen LogP contribution in [0.15, 0.2) is 0 Å². The van der Waals surface area contributed by atoms with Crippen molar-refractivity contribution in [1.29, 1.82) is 0 Å². The molecule has 1 aliphatic rings. The van der Waals surface area contributed by atoms with Crippen LogP contribution in [0.2, 0.25) is 0 Å². The molecule has 2 atom stereocenters. The van der Waals surface area contributed by atoms with Gasteiger partial charge in [0.2, 0.25) is 0 Å². The van der Waals surface area contributed by atoms with E-state index in [2.05, 4.69) is 11.8 Å². The lowest BCUT2D eigenvalue weighted by Crippen LogP contribution is -2.37. The molecule has 0 spiro atoms. The summed E-state index contributed by atoms with van der Waals surface area (Å²) < 4.78 is 0. The number of carbonyl (C=O) groups is 1. The van der Waals surface area contributed by atoms with Gasteiger partial charge in [0.15, 0.2) is 0 Å². The van der Waals surface area contributed by atoms with Gasteiger partial charge in [-0.3, -0.25) is 9.69 Å². The number of hydrogen-bond acceptors (Lipinski definition) is 2. The van der Waals surface area contributed by atoms with Crippen LogP contribution in [-0.4, -0.2) is 35.1 Å². The second-order valence-corrected chi connectivity index (χ2v) is 4.20. The molecule has 0 radical (unpaired) electrons. The Bertz CT molecular complexity index is 194. The summed E-state index contributed by atoms with van der Waals surface area (Å²) in [6.07, 6.45) is 4.88. The number of rotatable bonds is 5. The molecule has 3 heteroatoms. The van der Waals surface area contributed by atoms with Crippen molar-refractivity contribution in [3.63, 3.8) is 0 Å². The minimum absolute atomic E-state index is 0.206. The number of hydrogen-bond donors (Lipinski definition) is 1. The quantitative estimate of drug-likeness (QED) is 0.736. The molecule has 0 aromatic rings. The highest BCUT2D eigenvalue weighted by Gasteiger charge is 2.28. The Morgan fingerprint density at radius 1 is 1.43 bits per heavy atom. The monoisotopic (exact) mass is 199 g/mol. The van der Waals surface area contributed by atoms with Gasteiger partial charge in [-0.2, -0.15) is 0 Å².